The number of hydrogen-bond donors (Lipinski definition) is 1. The summed E-state index contributed by atoms with van der Waals surface area (Å²) in [7, 11) is 0. The number of halogens is 1. The lowest BCUT2D eigenvalue weighted by atomic mass is 9.83. The molecule has 3 amide bonds. The molecule has 0 atom stereocenters. The maximum Gasteiger partial charge on any atom is 0.254 e. The molecule has 1 fully saturated rings. The summed E-state index contributed by atoms with van der Waals surface area (Å²) in [5, 5.41) is 3.08. The van der Waals surface area contributed by atoms with Crippen molar-refractivity contribution in [3.8, 4) is 0 Å². The van der Waals surface area contributed by atoms with E-state index in [4.69, 9.17) is 0 Å². The molecule has 0 unspecified atom stereocenters. The minimum absolute atomic E-state index is 0.00682. The zero-order valence-electron chi connectivity index (χ0n) is 19.4. The number of benzene rings is 2. The Labute approximate surface area is 204 Å². The van der Waals surface area contributed by atoms with E-state index in [1.165, 1.54) is 0 Å². The molecular weight excluding hydrogens is 482 g/mol. The van der Waals surface area contributed by atoms with Crippen LogP contribution in [0.1, 0.15) is 55.5 Å². The van der Waals surface area contributed by atoms with Crippen LogP contribution in [-0.4, -0.2) is 52.7 Å². The van der Waals surface area contributed by atoms with Crippen molar-refractivity contribution in [3.05, 3.63) is 70.2 Å². The molecule has 2 aromatic carbocycles. The van der Waals surface area contributed by atoms with Gasteiger partial charge in [-0.05, 0) is 49.1 Å². The van der Waals surface area contributed by atoms with Gasteiger partial charge >= 0.3 is 0 Å². The molecule has 6 nitrogen and oxygen atoms in total. The lowest BCUT2D eigenvalue weighted by Crippen LogP contribution is -2.65. The minimum Gasteiger partial charge on any atom is -0.350 e. The molecule has 1 saturated heterocycles. The van der Waals surface area contributed by atoms with Crippen molar-refractivity contribution in [2.45, 2.75) is 51.6 Å². The van der Waals surface area contributed by atoms with Gasteiger partial charge in [0.1, 0.15) is 5.54 Å². The SMILES string of the molecule is CCCCN(C(=O)c1ccc(Br)cc1)C1(C(=O)NCc2ccccc2)CCN(C(C)=O)CC1. The number of amides is 3. The smallest absolute Gasteiger partial charge is 0.254 e. The molecule has 0 bridgehead atoms. The average Bonchev–Trinajstić information content (AvgIpc) is 2.84. The van der Waals surface area contributed by atoms with Gasteiger partial charge in [-0.2, -0.15) is 0 Å². The molecule has 0 aliphatic carbocycles. The second kappa shape index (κ2) is 11.5. The van der Waals surface area contributed by atoms with Crippen LogP contribution in [0.25, 0.3) is 0 Å². The van der Waals surface area contributed by atoms with Gasteiger partial charge in [-0.15, -0.1) is 0 Å². The summed E-state index contributed by atoms with van der Waals surface area (Å²) in [4.78, 5) is 42.9. The molecule has 1 aliphatic rings. The summed E-state index contributed by atoms with van der Waals surface area (Å²) in [5.41, 5.74) is 0.556. The number of hydrogen-bond acceptors (Lipinski definition) is 3. The van der Waals surface area contributed by atoms with Gasteiger partial charge in [0, 0.05) is 43.1 Å². The van der Waals surface area contributed by atoms with Crippen molar-refractivity contribution >= 4 is 33.7 Å². The van der Waals surface area contributed by atoms with Gasteiger partial charge in [-0.3, -0.25) is 14.4 Å². The molecule has 33 heavy (non-hydrogen) atoms. The second-order valence-electron chi connectivity index (χ2n) is 8.52. The van der Waals surface area contributed by atoms with Crippen LogP contribution in [0.2, 0.25) is 0 Å². The van der Waals surface area contributed by atoms with Crippen LogP contribution >= 0.6 is 15.9 Å². The molecule has 1 aliphatic heterocycles. The van der Waals surface area contributed by atoms with Gasteiger partial charge < -0.3 is 15.1 Å². The summed E-state index contributed by atoms with van der Waals surface area (Å²) in [6.07, 6.45) is 2.54. The van der Waals surface area contributed by atoms with Crippen molar-refractivity contribution in [3.63, 3.8) is 0 Å². The highest BCUT2D eigenvalue weighted by Gasteiger charge is 2.48. The number of unbranched alkanes of at least 4 members (excludes halogenated alkanes) is 1. The summed E-state index contributed by atoms with van der Waals surface area (Å²) in [6.45, 7) is 5.40. The summed E-state index contributed by atoms with van der Waals surface area (Å²) in [6, 6.07) is 17.0. The second-order valence-corrected chi connectivity index (χ2v) is 9.44. The fraction of sp³-hybridized carbons (Fsp3) is 0.423. The van der Waals surface area contributed by atoms with Gasteiger partial charge in [0.25, 0.3) is 5.91 Å². The first-order valence-electron chi connectivity index (χ1n) is 11.5. The molecule has 176 valence electrons. The average molecular weight is 514 g/mol. The Morgan fingerprint density at radius 1 is 1.03 bits per heavy atom. The van der Waals surface area contributed by atoms with Crippen LogP contribution in [0.15, 0.2) is 59.1 Å². The van der Waals surface area contributed by atoms with E-state index < -0.39 is 5.54 Å². The predicted molar refractivity (Wildman–Crippen MR) is 133 cm³/mol. The molecule has 7 heteroatoms. The van der Waals surface area contributed by atoms with Crippen molar-refractivity contribution < 1.29 is 14.4 Å². The monoisotopic (exact) mass is 513 g/mol. The highest BCUT2D eigenvalue weighted by atomic mass is 79.9. The Balaban J connectivity index is 1.93. The number of likely N-dealkylation sites (tertiary alicyclic amines) is 1. The van der Waals surface area contributed by atoms with Gasteiger partial charge in [-0.1, -0.05) is 59.6 Å². The number of nitrogens with one attached hydrogen (secondary N) is 1. The normalized spacial score (nSPS) is 15.1. The van der Waals surface area contributed by atoms with E-state index in [0.29, 0.717) is 44.6 Å². The fourth-order valence-corrected chi connectivity index (χ4v) is 4.59. The molecule has 0 spiro atoms. The van der Waals surface area contributed by atoms with E-state index in [1.807, 2.05) is 42.5 Å². The number of carbonyl (C=O) groups excluding carboxylic acids is 3. The van der Waals surface area contributed by atoms with Gasteiger partial charge in [0.05, 0.1) is 0 Å². The number of rotatable bonds is 8. The first kappa shape index (κ1) is 25.0. The third kappa shape index (κ3) is 6.02. The van der Waals surface area contributed by atoms with Gasteiger partial charge in [0.2, 0.25) is 11.8 Å². The highest BCUT2D eigenvalue weighted by molar-refractivity contribution is 9.10. The molecule has 2 aromatic rings. The van der Waals surface area contributed by atoms with E-state index in [-0.39, 0.29) is 17.7 Å². The van der Waals surface area contributed by atoms with Crippen LogP contribution in [0.5, 0.6) is 0 Å². The number of nitrogens with zero attached hydrogens (tertiary/aromatic N) is 2. The van der Waals surface area contributed by atoms with Crippen molar-refractivity contribution in [1.29, 1.82) is 0 Å². The van der Waals surface area contributed by atoms with Gasteiger partial charge in [-0.25, -0.2) is 0 Å². The van der Waals surface area contributed by atoms with Crippen molar-refractivity contribution in [1.82, 2.24) is 15.1 Å². The third-order valence-electron chi connectivity index (χ3n) is 6.34. The summed E-state index contributed by atoms with van der Waals surface area (Å²) >= 11 is 3.42. The lowest BCUT2D eigenvalue weighted by Gasteiger charge is -2.47. The molecule has 1 heterocycles. The Kier molecular flexibility index (Phi) is 8.67. The van der Waals surface area contributed by atoms with E-state index >= 15 is 0 Å². The number of piperidine rings is 1. The van der Waals surface area contributed by atoms with E-state index in [1.54, 1.807) is 28.9 Å². The molecule has 0 radical (unpaired) electrons. The standard InChI is InChI=1S/C26H32BrN3O3/c1-3-4-16-30(24(32)22-10-12-23(27)13-11-22)26(14-17-29(18-15-26)20(2)31)25(33)28-19-21-8-6-5-7-9-21/h5-13H,3-4,14-19H2,1-2H3,(H,28,33). The summed E-state index contributed by atoms with van der Waals surface area (Å²) in [5.74, 6) is -0.314. The molecular formula is C26H32BrN3O3. The minimum atomic E-state index is -1.000. The zero-order chi connectivity index (χ0) is 23.8. The lowest BCUT2D eigenvalue weighted by molar-refractivity contribution is -0.140. The van der Waals surface area contributed by atoms with Crippen LogP contribution < -0.4 is 5.32 Å². The summed E-state index contributed by atoms with van der Waals surface area (Å²) < 4.78 is 0.893. The van der Waals surface area contributed by atoms with Crippen LogP contribution in [-0.2, 0) is 16.1 Å². The van der Waals surface area contributed by atoms with Crippen LogP contribution in [0, 0.1) is 0 Å². The quantitative estimate of drug-likeness (QED) is 0.568. The first-order valence-corrected chi connectivity index (χ1v) is 12.3. The van der Waals surface area contributed by atoms with E-state index in [0.717, 1.165) is 22.9 Å². The topological polar surface area (TPSA) is 69.7 Å². The van der Waals surface area contributed by atoms with Crippen LogP contribution in [0.3, 0.4) is 0 Å². The van der Waals surface area contributed by atoms with Gasteiger partial charge in [0.15, 0.2) is 0 Å². The Hall–Kier alpha value is -2.67. The third-order valence-corrected chi connectivity index (χ3v) is 6.87. The molecule has 0 saturated carbocycles. The fourth-order valence-electron chi connectivity index (χ4n) is 4.33. The Morgan fingerprint density at radius 2 is 1.67 bits per heavy atom. The molecule has 1 N–H and O–H groups in total. The molecule has 0 aromatic heterocycles. The predicted octanol–water partition coefficient (Wildman–Crippen LogP) is 4.39. The van der Waals surface area contributed by atoms with Crippen LogP contribution in [0.4, 0.5) is 0 Å². The zero-order valence-corrected chi connectivity index (χ0v) is 20.9. The highest BCUT2D eigenvalue weighted by Crippen LogP contribution is 2.32. The number of carbonyl (C=O) groups is 3. The maximum absolute atomic E-state index is 13.7. The first-order chi connectivity index (χ1) is 15.9. The Bertz CT molecular complexity index is 955. The van der Waals surface area contributed by atoms with E-state index in [2.05, 4.69) is 28.2 Å². The maximum atomic E-state index is 13.7. The van der Waals surface area contributed by atoms with Crippen molar-refractivity contribution in [2.75, 3.05) is 19.6 Å². The Morgan fingerprint density at radius 3 is 2.24 bits per heavy atom. The van der Waals surface area contributed by atoms with E-state index in [9.17, 15) is 14.4 Å². The van der Waals surface area contributed by atoms with Crippen molar-refractivity contribution in [2.24, 2.45) is 0 Å². The molecule has 3 rings (SSSR count). The largest absolute Gasteiger partial charge is 0.350 e.